The molecule has 0 fully saturated rings. The van der Waals surface area contributed by atoms with Crippen molar-refractivity contribution in [3.8, 4) is 0 Å². The SMILES string of the molecule is CC(C)c1nc(Cl)c2[nH]cnc2n1. The monoisotopic (exact) mass is 196 g/mol. The summed E-state index contributed by atoms with van der Waals surface area (Å²) < 4.78 is 0. The van der Waals surface area contributed by atoms with Crippen molar-refractivity contribution in [1.29, 1.82) is 0 Å². The number of rotatable bonds is 1. The van der Waals surface area contributed by atoms with Gasteiger partial charge in [0, 0.05) is 5.92 Å². The molecule has 4 nitrogen and oxygen atoms in total. The van der Waals surface area contributed by atoms with Crippen LogP contribution < -0.4 is 0 Å². The second kappa shape index (κ2) is 2.96. The summed E-state index contributed by atoms with van der Waals surface area (Å²) >= 11 is 5.93. The summed E-state index contributed by atoms with van der Waals surface area (Å²) in [5.74, 6) is 0.989. The van der Waals surface area contributed by atoms with E-state index in [2.05, 4.69) is 19.9 Å². The molecular weight excluding hydrogens is 188 g/mol. The van der Waals surface area contributed by atoms with Crippen molar-refractivity contribution in [2.24, 2.45) is 0 Å². The Bertz CT molecular complexity index is 435. The lowest BCUT2D eigenvalue weighted by molar-refractivity contribution is 0.781. The van der Waals surface area contributed by atoms with Gasteiger partial charge in [-0.25, -0.2) is 15.0 Å². The first kappa shape index (κ1) is 8.44. The number of H-pyrrole nitrogens is 1. The maximum absolute atomic E-state index is 5.93. The van der Waals surface area contributed by atoms with Crippen molar-refractivity contribution in [3.05, 3.63) is 17.3 Å². The molecule has 0 aliphatic heterocycles. The van der Waals surface area contributed by atoms with Gasteiger partial charge in [0.05, 0.1) is 6.33 Å². The highest BCUT2D eigenvalue weighted by atomic mass is 35.5. The van der Waals surface area contributed by atoms with Gasteiger partial charge in [-0.05, 0) is 0 Å². The number of imidazole rings is 1. The van der Waals surface area contributed by atoms with Gasteiger partial charge in [-0.1, -0.05) is 25.4 Å². The van der Waals surface area contributed by atoms with Crippen LogP contribution in [0, 0.1) is 0 Å². The summed E-state index contributed by atoms with van der Waals surface area (Å²) in [6, 6.07) is 0. The molecule has 0 unspecified atom stereocenters. The Morgan fingerprint density at radius 1 is 1.38 bits per heavy atom. The van der Waals surface area contributed by atoms with Crippen LogP contribution in [0.4, 0.5) is 0 Å². The number of hydrogen-bond acceptors (Lipinski definition) is 3. The third kappa shape index (κ3) is 1.37. The molecule has 0 saturated heterocycles. The van der Waals surface area contributed by atoms with Crippen molar-refractivity contribution in [2.75, 3.05) is 0 Å². The average molecular weight is 197 g/mol. The highest BCUT2D eigenvalue weighted by Gasteiger charge is 2.09. The van der Waals surface area contributed by atoms with Crippen LogP contribution in [-0.4, -0.2) is 19.9 Å². The number of aromatic nitrogens is 4. The van der Waals surface area contributed by atoms with Crippen molar-refractivity contribution < 1.29 is 0 Å². The van der Waals surface area contributed by atoms with E-state index in [1.54, 1.807) is 6.33 Å². The molecule has 0 spiro atoms. The molecule has 1 N–H and O–H groups in total. The number of fused-ring (bicyclic) bond motifs is 1. The predicted octanol–water partition coefficient (Wildman–Crippen LogP) is 2.13. The van der Waals surface area contributed by atoms with Gasteiger partial charge in [0.25, 0.3) is 0 Å². The zero-order chi connectivity index (χ0) is 9.42. The summed E-state index contributed by atoms with van der Waals surface area (Å²) in [4.78, 5) is 15.3. The van der Waals surface area contributed by atoms with Gasteiger partial charge in [0.2, 0.25) is 0 Å². The number of nitrogens with zero attached hydrogens (tertiary/aromatic N) is 3. The minimum absolute atomic E-state index is 0.263. The van der Waals surface area contributed by atoms with Crippen LogP contribution in [0.2, 0.25) is 5.15 Å². The zero-order valence-corrected chi connectivity index (χ0v) is 8.13. The lowest BCUT2D eigenvalue weighted by Crippen LogP contribution is -1.98. The maximum atomic E-state index is 5.93. The number of hydrogen-bond donors (Lipinski definition) is 1. The highest BCUT2D eigenvalue weighted by Crippen LogP contribution is 2.19. The van der Waals surface area contributed by atoms with Gasteiger partial charge >= 0.3 is 0 Å². The Labute approximate surface area is 80.4 Å². The lowest BCUT2D eigenvalue weighted by atomic mass is 10.2. The van der Waals surface area contributed by atoms with E-state index >= 15 is 0 Å². The quantitative estimate of drug-likeness (QED) is 0.711. The Kier molecular flexibility index (Phi) is 1.92. The molecule has 0 bridgehead atoms. The molecule has 0 aliphatic carbocycles. The number of aromatic amines is 1. The first-order chi connectivity index (χ1) is 6.18. The Morgan fingerprint density at radius 2 is 2.15 bits per heavy atom. The van der Waals surface area contributed by atoms with E-state index in [1.807, 2.05) is 13.8 Å². The van der Waals surface area contributed by atoms with Gasteiger partial charge in [-0.15, -0.1) is 0 Å². The molecule has 0 amide bonds. The van der Waals surface area contributed by atoms with E-state index in [1.165, 1.54) is 0 Å². The van der Waals surface area contributed by atoms with Crippen molar-refractivity contribution in [3.63, 3.8) is 0 Å². The minimum Gasteiger partial charge on any atom is -0.341 e. The van der Waals surface area contributed by atoms with E-state index < -0.39 is 0 Å². The summed E-state index contributed by atoms with van der Waals surface area (Å²) in [5.41, 5.74) is 1.33. The third-order valence-electron chi connectivity index (χ3n) is 1.78. The fraction of sp³-hybridized carbons (Fsp3) is 0.375. The first-order valence-electron chi connectivity index (χ1n) is 4.05. The molecule has 2 heterocycles. The van der Waals surface area contributed by atoms with E-state index in [0.29, 0.717) is 16.3 Å². The molecule has 0 aliphatic rings. The second-order valence-electron chi connectivity index (χ2n) is 3.13. The number of halogens is 1. The van der Waals surface area contributed by atoms with Crippen LogP contribution >= 0.6 is 11.6 Å². The van der Waals surface area contributed by atoms with Crippen LogP contribution in [0.25, 0.3) is 11.2 Å². The summed E-state index contributed by atoms with van der Waals surface area (Å²) in [6.45, 7) is 4.04. The molecule has 68 valence electrons. The molecule has 2 aromatic rings. The first-order valence-corrected chi connectivity index (χ1v) is 4.43. The van der Waals surface area contributed by atoms with Gasteiger partial charge in [0.1, 0.15) is 11.3 Å². The van der Waals surface area contributed by atoms with E-state index in [0.717, 1.165) is 5.82 Å². The van der Waals surface area contributed by atoms with Gasteiger partial charge in [-0.3, -0.25) is 0 Å². The predicted molar refractivity (Wildman–Crippen MR) is 50.8 cm³/mol. The Morgan fingerprint density at radius 3 is 2.85 bits per heavy atom. The highest BCUT2D eigenvalue weighted by molar-refractivity contribution is 6.33. The van der Waals surface area contributed by atoms with Crippen LogP contribution in [0.5, 0.6) is 0 Å². The maximum Gasteiger partial charge on any atom is 0.182 e. The third-order valence-corrected chi connectivity index (χ3v) is 2.05. The fourth-order valence-corrected chi connectivity index (χ4v) is 1.30. The Balaban J connectivity index is 2.70. The second-order valence-corrected chi connectivity index (χ2v) is 3.49. The van der Waals surface area contributed by atoms with E-state index in [-0.39, 0.29) is 5.92 Å². The van der Waals surface area contributed by atoms with Gasteiger partial charge < -0.3 is 4.98 Å². The molecule has 0 aromatic carbocycles. The molecule has 0 radical (unpaired) electrons. The van der Waals surface area contributed by atoms with E-state index in [9.17, 15) is 0 Å². The summed E-state index contributed by atoms with van der Waals surface area (Å²) in [7, 11) is 0. The average Bonchev–Trinajstić information content (AvgIpc) is 2.51. The zero-order valence-electron chi connectivity index (χ0n) is 7.37. The topological polar surface area (TPSA) is 54.5 Å². The van der Waals surface area contributed by atoms with Crippen LogP contribution in [0.1, 0.15) is 25.6 Å². The largest absolute Gasteiger partial charge is 0.341 e. The van der Waals surface area contributed by atoms with Gasteiger partial charge in [0.15, 0.2) is 10.8 Å². The standard InChI is InChI=1S/C8H9ClN4/c1-4(2)7-12-6(9)5-8(13-7)11-3-10-5/h3-4H,1-2H3,(H,10,11,12,13). The molecule has 13 heavy (non-hydrogen) atoms. The van der Waals surface area contributed by atoms with Gasteiger partial charge in [-0.2, -0.15) is 0 Å². The lowest BCUT2D eigenvalue weighted by Gasteiger charge is -2.02. The van der Waals surface area contributed by atoms with Crippen LogP contribution in [0.15, 0.2) is 6.33 Å². The molecular formula is C8H9ClN4. The molecule has 2 rings (SSSR count). The molecule has 0 saturated carbocycles. The van der Waals surface area contributed by atoms with Crippen molar-refractivity contribution >= 4 is 22.8 Å². The normalized spacial score (nSPS) is 11.4. The fourth-order valence-electron chi connectivity index (χ4n) is 1.07. The van der Waals surface area contributed by atoms with Crippen LogP contribution in [0.3, 0.4) is 0 Å². The molecule has 0 atom stereocenters. The summed E-state index contributed by atoms with van der Waals surface area (Å²) in [5, 5.41) is 0.436. The van der Waals surface area contributed by atoms with Crippen molar-refractivity contribution in [1.82, 2.24) is 19.9 Å². The summed E-state index contributed by atoms with van der Waals surface area (Å²) in [6.07, 6.45) is 1.56. The molecule has 2 aromatic heterocycles. The number of nitrogens with one attached hydrogen (secondary N) is 1. The van der Waals surface area contributed by atoms with Crippen LogP contribution in [-0.2, 0) is 0 Å². The van der Waals surface area contributed by atoms with Crippen molar-refractivity contribution in [2.45, 2.75) is 19.8 Å². The minimum atomic E-state index is 0.263. The molecule has 5 heteroatoms. The smallest absolute Gasteiger partial charge is 0.182 e. The van der Waals surface area contributed by atoms with E-state index in [4.69, 9.17) is 11.6 Å². The Hall–Kier alpha value is -1.16.